The Hall–Kier alpha value is -2.09. The molecule has 0 aliphatic rings. The van der Waals surface area contributed by atoms with Crippen molar-refractivity contribution in [2.75, 3.05) is 5.73 Å². The predicted molar refractivity (Wildman–Crippen MR) is 47.6 cm³/mol. The van der Waals surface area contributed by atoms with Gasteiger partial charge in [0.25, 0.3) is 0 Å². The van der Waals surface area contributed by atoms with Crippen LogP contribution in [0.4, 0.5) is 5.69 Å². The summed E-state index contributed by atoms with van der Waals surface area (Å²) >= 11 is 0. The third kappa shape index (κ3) is 1.18. The third-order valence-electron chi connectivity index (χ3n) is 1.76. The van der Waals surface area contributed by atoms with Crippen LogP contribution >= 0.6 is 0 Å². The molecule has 0 unspecified atom stereocenters. The molecule has 5 nitrogen and oxygen atoms in total. The average Bonchev–Trinajstić information content (AvgIpc) is 2.49. The highest BCUT2D eigenvalue weighted by Gasteiger charge is 2.02. The van der Waals surface area contributed by atoms with Crippen molar-refractivity contribution in [3.63, 3.8) is 0 Å². The summed E-state index contributed by atoms with van der Waals surface area (Å²) in [6.45, 7) is 0.209. The summed E-state index contributed by atoms with van der Waals surface area (Å²) in [5.41, 5.74) is 7.76. The van der Waals surface area contributed by atoms with E-state index in [1.165, 1.54) is 4.68 Å². The summed E-state index contributed by atoms with van der Waals surface area (Å²) in [5, 5.41) is 16.2. The van der Waals surface area contributed by atoms with E-state index in [0.29, 0.717) is 5.69 Å². The van der Waals surface area contributed by atoms with Crippen molar-refractivity contribution in [1.82, 2.24) is 15.0 Å². The smallest absolute Gasteiger partial charge is 0.130 e. The van der Waals surface area contributed by atoms with Gasteiger partial charge in [-0.25, -0.2) is 4.68 Å². The third-order valence-corrected chi connectivity index (χ3v) is 1.76. The minimum Gasteiger partial charge on any atom is -0.399 e. The molecule has 0 spiro atoms. The van der Waals surface area contributed by atoms with Gasteiger partial charge in [-0.1, -0.05) is 5.21 Å². The summed E-state index contributed by atoms with van der Waals surface area (Å²) < 4.78 is 1.54. The molecule has 2 N–H and O–H groups in total. The van der Waals surface area contributed by atoms with Crippen LogP contribution in [0.1, 0.15) is 0 Å². The van der Waals surface area contributed by atoms with Gasteiger partial charge in [-0.05, 0) is 18.2 Å². The summed E-state index contributed by atoms with van der Waals surface area (Å²) in [6.07, 6.45) is 0. The first-order valence-electron chi connectivity index (χ1n) is 3.77. The van der Waals surface area contributed by atoms with Gasteiger partial charge < -0.3 is 5.73 Å². The predicted octanol–water partition coefficient (Wildman–Crippen LogP) is 0.537. The van der Waals surface area contributed by atoms with E-state index >= 15 is 0 Å². The normalized spacial score (nSPS) is 10.1. The maximum absolute atomic E-state index is 8.49. The zero-order valence-electron chi connectivity index (χ0n) is 6.81. The molecule has 0 aliphatic carbocycles. The van der Waals surface area contributed by atoms with Gasteiger partial charge in [-0.2, -0.15) is 5.26 Å². The molecule has 0 saturated heterocycles. The fourth-order valence-corrected chi connectivity index (χ4v) is 1.17. The van der Waals surface area contributed by atoms with Gasteiger partial charge in [0, 0.05) is 5.69 Å². The molecule has 2 rings (SSSR count). The number of nitrogens with zero attached hydrogens (tertiary/aromatic N) is 4. The van der Waals surface area contributed by atoms with Crippen molar-refractivity contribution in [2.24, 2.45) is 0 Å². The van der Waals surface area contributed by atoms with Crippen LogP contribution in [-0.2, 0) is 6.54 Å². The molecule has 0 fully saturated rings. The molecule has 0 atom stereocenters. The second-order valence-electron chi connectivity index (χ2n) is 2.65. The molecule has 2 aromatic rings. The van der Waals surface area contributed by atoms with Crippen molar-refractivity contribution >= 4 is 16.7 Å². The second kappa shape index (κ2) is 2.75. The molecule has 1 aromatic heterocycles. The zero-order chi connectivity index (χ0) is 9.26. The number of benzene rings is 1. The zero-order valence-corrected chi connectivity index (χ0v) is 6.81. The Bertz CT molecular complexity index is 479. The fraction of sp³-hybridized carbons (Fsp3) is 0.125. The van der Waals surface area contributed by atoms with E-state index in [9.17, 15) is 0 Å². The van der Waals surface area contributed by atoms with E-state index in [-0.39, 0.29) is 6.54 Å². The van der Waals surface area contributed by atoms with E-state index < -0.39 is 0 Å². The molecule has 13 heavy (non-hydrogen) atoms. The first kappa shape index (κ1) is 7.55. The van der Waals surface area contributed by atoms with Gasteiger partial charge >= 0.3 is 0 Å². The molecule has 1 heterocycles. The van der Waals surface area contributed by atoms with E-state index in [4.69, 9.17) is 11.0 Å². The van der Waals surface area contributed by atoms with E-state index in [1.54, 1.807) is 12.1 Å². The van der Waals surface area contributed by atoms with Gasteiger partial charge in [-0.3, -0.25) is 0 Å². The standard InChI is InChI=1S/C8H7N5/c9-3-4-13-8-2-1-6(10)5-7(8)11-12-13/h1-2,5H,4,10H2. The fourth-order valence-electron chi connectivity index (χ4n) is 1.17. The lowest BCUT2D eigenvalue weighted by molar-refractivity contribution is 0.689. The van der Waals surface area contributed by atoms with E-state index in [2.05, 4.69) is 10.3 Å². The molecule has 1 aromatic carbocycles. The number of aromatic nitrogens is 3. The number of nitrogens with two attached hydrogens (primary N) is 1. The Labute approximate surface area is 74.4 Å². The molecule has 0 amide bonds. The van der Waals surface area contributed by atoms with Gasteiger partial charge in [-0.15, -0.1) is 5.10 Å². The first-order chi connectivity index (χ1) is 6.31. The Morgan fingerprint density at radius 1 is 1.54 bits per heavy atom. The summed E-state index contributed by atoms with van der Waals surface area (Å²) in [7, 11) is 0. The van der Waals surface area contributed by atoms with Crippen LogP contribution < -0.4 is 5.73 Å². The van der Waals surface area contributed by atoms with Crippen LogP contribution in [0.5, 0.6) is 0 Å². The highest BCUT2D eigenvalue weighted by atomic mass is 15.4. The number of rotatable bonds is 1. The topological polar surface area (TPSA) is 80.5 Å². The lowest BCUT2D eigenvalue weighted by Crippen LogP contribution is -1.97. The highest BCUT2D eigenvalue weighted by molar-refractivity contribution is 5.78. The molecule has 0 saturated carbocycles. The van der Waals surface area contributed by atoms with Crippen molar-refractivity contribution in [3.8, 4) is 6.07 Å². The van der Waals surface area contributed by atoms with Crippen molar-refractivity contribution in [2.45, 2.75) is 6.54 Å². The van der Waals surface area contributed by atoms with Crippen LogP contribution in [0.25, 0.3) is 11.0 Å². The number of hydrogen-bond acceptors (Lipinski definition) is 4. The Morgan fingerprint density at radius 2 is 2.38 bits per heavy atom. The number of nitriles is 1. The van der Waals surface area contributed by atoms with Crippen LogP contribution in [0.3, 0.4) is 0 Å². The molecule has 5 heteroatoms. The molecule has 64 valence electrons. The quantitative estimate of drug-likeness (QED) is 0.638. The second-order valence-corrected chi connectivity index (χ2v) is 2.65. The number of anilines is 1. The molecule has 0 aliphatic heterocycles. The molecule has 0 bridgehead atoms. The van der Waals surface area contributed by atoms with Crippen LogP contribution in [-0.4, -0.2) is 15.0 Å². The number of fused-ring (bicyclic) bond motifs is 1. The number of hydrogen-bond donors (Lipinski definition) is 1. The van der Waals surface area contributed by atoms with Gasteiger partial charge in [0.1, 0.15) is 12.1 Å². The van der Waals surface area contributed by atoms with Gasteiger partial charge in [0.2, 0.25) is 0 Å². The van der Waals surface area contributed by atoms with Crippen LogP contribution in [0, 0.1) is 11.3 Å². The number of nitrogen functional groups attached to an aromatic ring is 1. The summed E-state index contributed by atoms with van der Waals surface area (Å²) in [6, 6.07) is 7.31. The largest absolute Gasteiger partial charge is 0.399 e. The Morgan fingerprint density at radius 3 is 3.15 bits per heavy atom. The van der Waals surface area contributed by atoms with Crippen LogP contribution in [0.15, 0.2) is 18.2 Å². The SMILES string of the molecule is N#CCn1nnc2cc(N)ccc21. The van der Waals surface area contributed by atoms with Gasteiger partial charge in [0.05, 0.1) is 11.6 Å². The van der Waals surface area contributed by atoms with E-state index in [1.807, 2.05) is 12.1 Å². The monoisotopic (exact) mass is 173 g/mol. The Kier molecular flexibility index (Phi) is 1.60. The minimum absolute atomic E-state index is 0.209. The van der Waals surface area contributed by atoms with E-state index in [0.717, 1.165) is 11.0 Å². The van der Waals surface area contributed by atoms with Gasteiger partial charge in [0.15, 0.2) is 0 Å². The minimum atomic E-state index is 0.209. The highest BCUT2D eigenvalue weighted by Crippen LogP contribution is 2.13. The van der Waals surface area contributed by atoms with Crippen molar-refractivity contribution in [1.29, 1.82) is 5.26 Å². The summed E-state index contributed by atoms with van der Waals surface area (Å²) in [4.78, 5) is 0. The lowest BCUT2D eigenvalue weighted by atomic mass is 10.3. The van der Waals surface area contributed by atoms with Crippen molar-refractivity contribution < 1.29 is 0 Å². The molecular weight excluding hydrogens is 166 g/mol. The first-order valence-corrected chi connectivity index (χ1v) is 3.77. The Balaban J connectivity index is 2.63. The maximum atomic E-state index is 8.49. The maximum Gasteiger partial charge on any atom is 0.130 e. The van der Waals surface area contributed by atoms with Crippen LogP contribution in [0.2, 0.25) is 0 Å². The molecular formula is C8H7N5. The lowest BCUT2D eigenvalue weighted by Gasteiger charge is -1.94. The summed E-state index contributed by atoms with van der Waals surface area (Å²) in [5.74, 6) is 0. The molecule has 0 radical (unpaired) electrons. The van der Waals surface area contributed by atoms with Crippen molar-refractivity contribution in [3.05, 3.63) is 18.2 Å². The average molecular weight is 173 g/mol.